The monoisotopic (exact) mass is 307 g/mol. The van der Waals surface area contributed by atoms with E-state index in [-0.39, 0.29) is 6.04 Å². The average molecular weight is 308 g/mol. The maximum Gasteiger partial charge on any atom is 0.0837 e. The molecule has 1 atom stereocenters. The second-order valence-electron chi connectivity index (χ2n) is 5.36. The van der Waals surface area contributed by atoms with Crippen molar-refractivity contribution in [1.29, 1.82) is 0 Å². The molecule has 2 heterocycles. The van der Waals surface area contributed by atoms with E-state index in [1.807, 2.05) is 45.0 Å². The molecule has 0 saturated heterocycles. The van der Waals surface area contributed by atoms with Crippen molar-refractivity contribution in [1.82, 2.24) is 25.0 Å². The normalized spacial score (nSPS) is 12.9. The van der Waals surface area contributed by atoms with E-state index in [1.165, 1.54) is 0 Å². The summed E-state index contributed by atoms with van der Waals surface area (Å²) in [5.74, 6) is 0. The van der Waals surface area contributed by atoms with Crippen molar-refractivity contribution in [3.8, 4) is 0 Å². The summed E-state index contributed by atoms with van der Waals surface area (Å²) in [6.45, 7) is 3.69. The van der Waals surface area contributed by atoms with Gasteiger partial charge in [-0.05, 0) is 39.7 Å². The topological polar surface area (TPSA) is 46.0 Å². The van der Waals surface area contributed by atoms with E-state index in [2.05, 4.69) is 26.4 Å². The van der Waals surface area contributed by atoms with Gasteiger partial charge in [0.15, 0.2) is 0 Å². The molecule has 0 aliphatic rings. The van der Waals surface area contributed by atoms with Crippen molar-refractivity contribution in [2.24, 2.45) is 0 Å². The minimum atomic E-state index is -0.0183. The molecular formula is C15H22ClN5. The number of pyridine rings is 1. The summed E-state index contributed by atoms with van der Waals surface area (Å²) in [6.07, 6.45) is 3.59. The van der Waals surface area contributed by atoms with Crippen LogP contribution in [0, 0.1) is 6.92 Å². The van der Waals surface area contributed by atoms with Crippen LogP contribution in [-0.4, -0.2) is 47.4 Å². The van der Waals surface area contributed by atoms with Crippen LogP contribution in [0.25, 0.3) is 0 Å². The van der Waals surface area contributed by atoms with Gasteiger partial charge in [-0.2, -0.15) is 5.10 Å². The van der Waals surface area contributed by atoms with Crippen molar-refractivity contribution in [3.63, 3.8) is 0 Å². The molecule has 5 nitrogen and oxygen atoms in total. The molecule has 0 amide bonds. The molecule has 0 aliphatic carbocycles. The quantitative estimate of drug-likeness (QED) is 0.888. The molecule has 21 heavy (non-hydrogen) atoms. The first-order chi connectivity index (χ1) is 10.0. The molecule has 2 aromatic rings. The van der Waals surface area contributed by atoms with E-state index in [0.717, 1.165) is 30.0 Å². The number of nitrogens with one attached hydrogen (secondary N) is 1. The lowest BCUT2D eigenvalue weighted by Crippen LogP contribution is -2.25. The molecule has 2 rings (SSSR count). The second kappa shape index (κ2) is 7.02. The lowest BCUT2D eigenvalue weighted by molar-refractivity contribution is 0.366. The Kier molecular flexibility index (Phi) is 5.33. The number of likely N-dealkylation sites (N-methyl/N-ethyl adjacent to an activating group) is 1. The molecule has 0 saturated carbocycles. The van der Waals surface area contributed by atoms with E-state index >= 15 is 0 Å². The van der Waals surface area contributed by atoms with Crippen molar-refractivity contribution < 1.29 is 0 Å². The second-order valence-corrected chi connectivity index (χ2v) is 5.77. The van der Waals surface area contributed by atoms with Gasteiger partial charge < -0.3 is 10.2 Å². The van der Waals surface area contributed by atoms with Gasteiger partial charge >= 0.3 is 0 Å². The Labute approximate surface area is 130 Å². The summed E-state index contributed by atoms with van der Waals surface area (Å²) in [5, 5.41) is 8.38. The SMILES string of the molecule is CNC(c1ccc(C)nc1)c1c(Cl)cnn1CCN(C)C. The molecule has 0 aromatic carbocycles. The van der Waals surface area contributed by atoms with Crippen LogP contribution in [0.3, 0.4) is 0 Å². The Hall–Kier alpha value is -1.43. The largest absolute Gasteiger partial charge is 0.308 e. The third-order valence-electron chi connectivity index (χ3n) is 3.42. The number of aryl methyl sites for hydroxylation is 1. The first kappa shape index (κ1) is 15.9. The number of hydrogen-bond donors (Lipinski definition) is 1. The van der Waals surface area contributed by atoms with E-state index in [1.54, 1.807) is 6.20 Å². The van der Waals surface area contributed by atoms with Crippen LogP contribution in [0.4, 0.5) is 0 Å². The van der Waals surface area contributed by atoms with E-state index in [0.29, 0.717) is 5.02 Å². The lowest BCUT2D eigenvalue weighted by atomic mass is 10.1. The highest BCUT2D eigenvalue weighted by Crippen LogP contribution is 2.27. The zero-order valence-electron chi connectivity index (χ0n) is 13.0. The van der Waals surface area contributed by atoms with Crippen LogP contribution in [0.1, 0.15) is 23.0 Å². The fourth-order valence-corrected chi connectivity index (χ4v) is 2.49. The highest BCUT2D eigenvalue weighted by molar-refractivity contribution is 6.31. The Morgan fingerprint density at radius 1 is 1.33 bits per heavy atom. The maximum atomic E-state index is 6.36. The molecule has 0 aliphatic heterocycles. The van der Waals surface area contributed by atoms with Crippen LogP contribution >= 0.6 is 11.6 Å². The van der Waals surface area contributed by atoms with Crippen LogP contribution in [0.2, 0.25) is 5.02 Å². The molecule has 1 unspecified atom stereocenters. The predicted octanol–water partition coefficient (Wildman–Crippen LogP) is 2.11. The Morgan fingerprint density at radius 2 is 2.10 bits per heavy atom. The third kappa shape index (κ3) is 3.81. The fraction of sp³-hybridized carbons (Fsp3) is 0.467. The first-order valence-corrected chi connectivity index (χ1v) is 7.36. The molecular weight excluding hydrogens is 286 g/mol. The Morgan fingerprint density at radius 3 is 2.67 bits per heavy atom. The molecule has 2 aromatic heterocycles. The zero-order valence-corrected chi connectivity index (χ0v) is 13.7. The third-order valence-corrected chi connectivity index (χ3v) is 3.71. The van der Waals surface area contributed by atoms with Gasteiger partial charge in [-0.1, -0.05) is 17.7 Å². The average Bonchev–Trinajstić information content (AvgIpc) is 2.81. The van der Waals surface area contributed by atoms with Crippen molar-refractivity contribution in [2.45, 2.75) is 19.5 Å². The van der Waals surface area contributed by atoms with Crippen LogP contribution in [-0.2, 0) is 6.54 Å². The van der Waals surface area contributed by atoms with Gasteiger partial charge in [-0.3, -0.25) is 9.67 Å². The van der Waals surface area contributed by atoms with Crippen LogP contribution < -0.4 is 5.32 Å². The standard InChI is InChI=1S/C15H22ClN5/c1-11-5-6-12(9-18-11)14(17-2)15-13(16)10-19-21(15)8-7-20(3)4/h5-6,9-10,14,17H,7-8H2,1-4H3. The van der Waals surface area contributed by atoms with Gasteiger partial charge in [0.1, 0.15) is 0 Å². The number of rotatable bonds is 6. The van der Waals surface area contributed by atoms with Gasteiger partial charge in [0.25, 0.3) is 0 Å². The van der Waals surface area contributed by atoms with E-state index < -0.39 is 0 Å². The molecule has 114 valence electrons. The fourth-order valence-electron chi connectivity index (χ4n) is 2.24. The smallest absolute Gasteiger partial charge is 0.0837 e. The van der Waals surface area contributed by atoms with Gasteiger partial charge in [-0.15, -0.1) is 0 Å². The summed E-state index contributed by atoms with van der Waals surface area (Å²) >= 11 is 6.36. The molecule has 0 fully saturated rings. The number of nitrogens with zero attached hydrogens (tertiary/aromatic N) is 4. The van der Waals surface area contributed by atoms with Gasteiger partial charge in [-0.25, -0.2) is 0 Å². The van der Waals surface area contributed by atoms with Crippen molar-refractivity contribution >= 4 is 11.6 Å². The minimum absolute atomic E-state index is 0.0183. The Balaban J connectivity index is 2.33. The lowest BCUT2D eigenvalue weighted by Gasteiger charge is -2.20. The molecule has 0 spiro atoms. The highest BCUT2D eigenvalue weighted by Gasteiger charge is 2.21. The van der Waals surface area contributed by atoms with Crippen molar-refractivity contribution in [2.75, 3.05) is 27.7 Å². The summed E-state index contributed by atoms with van der Waals surface area (Å²) in [5.41, 5.74) is 3.06. The minimum Gasteiger partial charge on any atom is -0.308 e. The molecule has 0 bridgehead atoms. The summed E-state index contributed by atoms with van der Waals surface area (Å²) < 4.78 is 1.96. The van der Waals surface area contributed by atoms with Crippen molar-refractivity contribution in [3.05, 3.63) is 46.5 Å². The highest BCUT2D eigenvalue weighted by atomic mass is 35.5. The van der Waals surface area contributed by atoms with Gasteiger partial charge in [0.2, 0.25) is 0 Å². The van der Waals surface area contributed by atoms with Crippen LogP contribution in [0.15, 0.2) is 24.5 Å². The van der Waals surface area contributed by atoms with Gasteiger partial charge in [0, 0.05) is 18.4 Å². The van der Waals surface area contributed by atoms with E-state index in [9.17, 15) is 0 Å². The first-order valence-electron chi connectivity index (χ1n) is 6.98. The van der Waals surface area contributed by atoms with E-state index in [4.69, 9.17) is 11.6 Å². The van der Waals surface area contributed by atoms with Crippen LogP contribution in [0.5, 0.6) is 0 Å². The maximum absolute atomic E-state index is 6.36. The molecule has 6 heteroatoms. The predicted molar refractivity (Wildman–Crippen MR) is 85.7 cm³/mol. The summed E-state index contributed by atoms with van der Waals surface area (Å²) in [4.78, 5) is 6.50. The summed E-state index contributed by atoms with van der Waals surface area (Å²) in [6, 6.07) is 4.06. The molecule has 1 N–H and O–H groups in total. The zero-order chi connectivity index (χ0) is 15.4. The number of aromatic nitrogens is 3. The van der Waals surface area contributed by atoms with Gasteiger partial charge in [0.05, 0.1) is 29.5 Å². The number of halogens is 1. The Bertz CT molecular complexity index is 576. The summed E-state index contributed by atoms with van der Waals surface area (Å²) in [7, 11) is 6.01. The number of hydrogen-bond acceptors (Lipinski definition) is 4. The molecule has 0 radical (unpaired) electrons.